The Morgan fingerprint density at radius 3 is 2.28 bits per heavy atom. The van der Waals surface area contributed by atoms with Crippen LogP contribution in [0.4, 0.5) is 14.9 Å². The number of carbonyl (C=O) groups is 2. The number of halogens is 1. The Morgan fingerprint density at radius 2 is 1.60 bits per heavy atom. The summed E-state index contributed by atoms with van der Waals surface area (Å²) in [5, 5.41) is 2.61. The van der Waals surface area contributed by atoms with E-state index < -0.39 is 5.82 Å². The minimum Gasteiger partial charge on any atom is -0.342 e. The summed E-state index contributed by atoms with van der Waals surface area (Å²) in [5.41, 5.74) is 0.190. The highest BCUT2D eigenvalue weighted by Gasteiger charge is 2.25. The van der Waals surface area contributed by atoms with Crippen molar-refractivity contribution in [2.24, 2.45) is 0 Å². The fourth-order valence-corrected chi connectivity index (χ4v) is 3.30. The van der Waals surface area contributed by atoms with Gasteiger partial charge in [0.1, 0.15) is 5.82 Å². The van der Waals surface area contributed by atoms with Crippen LogP contribution in [0.1, 0.15) is 19.3 Å². The van der Waals surface area contributed by atoms with E-state index in [0.29, 0.717) is 32.7 Å². The third-order valence-corrected chi connectivity index (χ3v) is 4.84. The molecule has 0 saturated carbocycles. The number of rotatable bonds is 3. The summed E-state index contributed by atoms with van der Waals surface area (Å²) in [5.74, 6) is -0.259. The molecule has 0 unspecified atom stereocenters. The zero-order valence-corrected chi connectivity index (χ0v) is 14.4. The van der Waals surface area contributed by atoms with E-state index in [1.54, 1.807) is 23.1 Å². The molecule has 2 aliphatic rings. The van der Waals surface area contributed by atoms with Gasteiger partial charge in [0.2, 0.25) is 5.91 Å². The maximum absolute atomic E-state index is 13.6. The van der Waals surface area contributed by atoms with Crippen molar-refractivity contribution in [2.75, 3.05) is 51.1 Å². The number of hydrogen-bond acceptors (Lipinski definition) is 3. The summed E-state index contributed by atoms with van der Waals surface area (Å²) in [4.78, 5) is 30.3. The Bertz CT molecular complexity index is 611. The van der Waals surface area contributed by atoms with Gasteiger partial charge in [-0.1, -0.05) is 12.1 Å². The van der Waals surface area contributed by atoms with Crippen LogP contribution in [0.25, 0.3) is 0 Å². The standard InChI is InChI=1S/C18H25FN4O2/c19-15-6-2-3-7-16(15)20-18(25)23-12-10-21(11-13-23)14-17(24)22-8-4-1-5-9-22/h2-3,6-7H,1,4-5,8-14H2,(H,20,25). The maximum atomic E-state index is 13.6. The van der Waals surface area contributed by atoms with Gasteiger partial charge in [-0.15, -0.1) is 0 Å². The SMILES string of the molecule is O=C(CN1CCN(C(=O)Nc2ccccc2F)CC1)N1CCCCC1. The van der Waals surface area contributed by atoms with Gasteiger partial charge >= 0.3 is 6.03 Å². The fraction of sp³-hybridized carbons (Fsp3) is 0.556. The first-order valence-electron chi connectivity index (χ1n) is 8.94. The molecule has 1 aromatic carbocycles. The molecule has 136 valence electrons. The molecule has 2 aliphatic heterocycles. The number of piperazine rings is 1. The van der Waals surface area contributed by atoms with E-state index in [0.717, 1.165) is 25.9 Å². The average molecular weight is 348 g/mol. The number of nitrogens with zero attached hydrogens (tertiary/aromatic N) is 3. The lowest BCUT2D eigenvalue weighted by molar-refractivity contribution is -0.133. The smallest absolute Gasteiger partial charge is 0.322 e. The van der Waals surface area contributed by atoms with Crippen LogP contribution in [0.2, 0.25) is 0 Å². The highest BCUT2D eigenvalue weighted by Crippen LogP contribution is 2.14. The molecule has 7 heteroatoms. The fourth-order valence-electron chi connectivity index (χ4n) is 3.30. The first kappa shape index (κ1) is 17.7. The summed E-state index contributed by atoms with van der Waals surface area (Å²) in [6, 6.07) is 5.83. The molecule has 0 bridgehead atoms. The summed E-state index contributed by atoms with van der Waals surface area (Å²) >= 11 is 0. The number of urea groups is 1. The van der Waals surface area contributed by atoms with Gasteiger partial charge in [-0.25, -0.2) is 9.18 Å². The van der Waals surface area contributed by atoms with E-state index in [4.69, 9.17) is 0 Å². The third kappa shape index (κ3) is 4.69. The first-order chi connectivity index (χ1) is 12.1. The van der Waals surface area contributed by atoms with Gasteiger partial charge in [-0.05, 0) is 31.4 Å². The van der Waals surface area contributed by atoms with Crippen LogP contribution in [0, 0.1) is 5.82 Å². The van der Waals surface area contributed by atoms with Crippen molar-refractivity contribution in [3.05, 3.63) is 30.1 Å². The molecule has 2 fully saturated rings. The lowest BCUT2D eigenvalue weighted by Gasteiger charge is -2.36. The van der Waals surface area contributed by atoms with Crippen LogP contribution in [-0.4, -0.2) is 72.5 Å². The first-order valence-corrected chi connectivity index (χ1v) is 8.94. The molecule has 0 atom stereocenters. The maximum Gasteiger partial charge on any atom is 0.322 e. The minimum absolute atomic E-state index is 0.184. The second-order valence-corrected chi connectivity index (χ2v) is 6.61. The third-order valence-electron chi connectivity index (χ3n) is 4.84. The normalized spacial score (nSPS) is 18.9. The highest BCUT2D eigenvalue weighted by molar-refractivity contribution is 5.89. The van der Waals surface area contributed by atoms with E-state index in [2.05, 4.69) is 10.2 Å². The minimum atomic E-state index is -0.443. The zero-order chi connectivity index (χ0) is 17.6. The number of carbonyl (C=O) groups excluding carboxylic acids is 2. The summed E-state index contributed by atoms with van der Waals surface area (Å²) in [6.07, 6.45) is 3.39. The number of anilines is 1. The number of hydrogen-bond donors (Lipinski definition) is 1. The second-order valence-electron chi connectivity index (χ2n) is 6.61. The molecule has 6 nitrogen and oxygen atoms in total. The Kier molecular flexibility index (Phi) is 5.86. The van der Waals surface area contributed by atoms with Crippen LogP contribution < -0.4 is 5.32 Å². The van der Waals surface area contributed by atoms with E-state index in [-0.39, 0.29) is 17.6 Å². The predicted molar refractivity (Wildman–Crippen MR) is 93.9 cm³/mol. The van der Waals surface area contributed by atoms with Crippen LogP contribution in [0.3, 0.4) is 0 Å². The summed E-state index contributed by atoms with van der Waals surface area (Å²) < 4.78 is 13.6. The van der Waals surface area contributed by atoms with Crippen LogP contribution >= 0.6 is 0 Å². The second kappa shape index (κ2) is 8.29. The van der Waals surface area contributed by atoms with Crippen molar-refractivity contribution in [3.63, 3.8) is 0 Å². The number of nitrogens with one attached hydrogen (secondary N) is 1. The molecule has 3 rings (SSSR count). The number of benzene rings is 1. The monoisotopic (exact) mass is 348 g/mol. The molecular weight excluding hydrogens is 323 g/mol. The molecule has 0 aromatic heterocycles. The van der Waals surface area contributed by atoms with Gasteiger partial charge in [0.05, 0.1) is 12.2 Å². The molecule has 2 saturated heterocycles. The number of likely N-dealkylation sites (tertiary alicyclic amines) is 1. The van der Waals surface area contributed by atoms with Gasteiger partial charge in [0.25, 0.3) is 0 Å². The van der Waals surface area contributed by atoms with Crippen molar-refractivity contribution in [1.82, 2.24) is 14.7 Å². The van der Waals surface area contributed by atoms with Crippen molar-refractivity contribution >= 4 is 17.6 Å². The van der Waals surface area contributed by atoms with E-state index in [1.165, 1.54) is 12.5 Å². The van der Waals surface area contributed by atoms with Gasteiger partial charge < -0.3 is 15.1 Å². The van der Waals surface area contributed by atoms with E-state index in [9.17, 15) is 14.0 Å². The van der Waals surface area contributed by atoms with E-state index >= 15 is 0 Å². The molecule has 2 heterocycles. The number of para-hydroxylation sites is 1. The Labute approximate surface area is 147 Å². The largest absolute Gasteiger partial charge is 0.342 e. The summed E-state index contributed by atoms with van der Waals surface area (Å²) in [7, 11) is 0. The quantitative estimate of drug-likeness (QED) is 0.909. The van der Waals surface area contributed by atoms with Gasteiger partial charge in [0.15, 0.2) is 0 Å². The van der Waals surface area contributed by atoms with Crippen LogP contribution in [0.5, 0.6) is 0 Å². The zero-order valence-electron chi connectivity index (χ0n) is 14.4. The molecule has 3 amide bonds. The van der Waals surface area contributed by atoms with Gasteiger partial charge in [-0.3, -0.25) is 9.69 Å². The molecule has 0 aliphatic carbocycles. The Hall–Kier alpha value is -2.15. The molecule has 1 aromatic rings. The van der Waals surface area contributed by atoms with Crippen molar-refractivity contribution < 1.29 is 14.0 Å². The number of piperidine rings is 1. The van der Waals surface area contributed by atoms with Crippen molar-refractivity contribution in [2.45, 2.75) is 19.3 Å². The predicted octanol–water partition coefficient (Wildman–Crippen LogP) is 1.99. The molecule has 1 N–H and O–H groups in total. The Balaban J connectivity index is 1.44. The molecule has 0 radical (unpaired) electrons. The van der Waals surface area contributed by atoms with Gasteiger partial charge in [0, 0.05) is 39.3 Å². The van der Waals surface area contributed by atoms with Crippen LogP contribution in [-0.2, 0) is 4.79 Å². The van der Waals surface area contributed by atoms with Crippen molar-refractivity contribution in [3.8, 4) is 0 Å². The topological polar surface area (TPSA) is 55.9 Å². The van der Waals surface area contributed by atoms with Crippen LogP contribution in [0.15, 0.2) is 24.3 Å². The lowest BCUT2D eigenvalue weighted by atomic mass is 10.1. The highest BCUT2D eigenvalue weighted by atomic mass is 19.1. The van der Waals surface area contributed by atoms with Crippen molar-refractivity contribution in [1.29, 1.82) is 0 Å². The lowest BCUT2D eigenvalue weighted by Crippen LogP contribution is -2.52. The summed E-state index contributed by atoms with van der Waals surface area (Å²) in [6.45, 7) is 4.53. The number of amides is 3. The molecule has 25 heavy (non-hydrogen) atoms. The average Bonchev–Trinajstić information content (AvgIpc) is 2.65. The van der Waals surface area contributed by atoms with E-state index in [1.807, 2.05) is 4.90 Å². The Morgan fingerprint density at radius 1 is 0.920 bits per heavy atom. The van der Waals surface area contributed by atoms with Gasteiger partial charge in [-0.2, -0.15) is 0 Å². The molecule has 0 spiro atoms. The molecular formula is C18H25FN4O2.